The molecule has 0 aliphatic heterocycles. The van der Waals surface area contributed by atoms with E-state index in [9.17, 15) is 14.0 Å². The highest BCUT2D eigenvalue weighted by Gasteiger charge is 2.11. The molecule has 22 heavy (non-hydrogen) atoms. The number of aromatic amines is 1. The summed E-state index contributed by atoms with van der Waals surface area (Å²) in [7, 11) is 0. The number of pyridine rings is 1. The number of anilines is 1. The molecule has 0 atom stereocenters. The van der Waals surface area contributed by atoms with E-state index in [4.69, 9.17) is 0 Å². The van der Waals surface area contributed by atoms with E-state index in [1.165, 1.54) is 24.3 Å². The van der Waals surface area contributed by atoms with E-state index in [1.54, 1.807) is 31.2 Å². The average Bonchev–Trinajstić information content (AvgIpc) is 2.48. The summed E-state index contributed by atoms with van der Waals surface area (Å²) in [6, 6.07) is 12.2. The van der Waals surface area contributed by atoms with Crippen LogP contribution < -0.4 is 10.7 Å². The Morgan fingerprint density at radius 2 is 1.91 bits per heavy atom. The summed E-state index contributed by atoms with van der Waals surface area (Å²) >= 11 is 0. The van der Waals surface area contributed by atoms with Crippen LogP contribution >= 0.6 is 0 Å². The highest BCUT2D eigenvalue weighted by atomic mass is 19.1. The van der Waals surface area contributed by atoms with Gasteiger partial charge in [-0.2, -0.15) is 0 Å². The number of H-pyrrole nitrogens is 1. The number of amides is 1. The van der Waals surface area contributed by atoms with E-state index in [1.807, 2.05) is 0 Å². The van der Waals surface area contributed by atoms with Gasteiger partial charge in [0.05, 0.1) is 5.56 Å². The molecule has 3 rings (SSSR count). The minimum atomic E-state index is -0.589. The number of benzene rings is 2. The Kier molecular flexibility index (Phi) is 3.47. The van der Waals surface area contributed by atoms with Crippen LogP contribution in [0.1, 0.15) is 16.1 Å². The predicted molar refractivity (Wildman–Crippen MR) is 83.7 cm³/mol. The number of hydrogen-bond acceptors (Lipinski definition) is 2. The summed E-state index contributed by atoms with van der Waals surface area (Å²) in [5.74, 6) is -1.14. The molecule has 2 N–H and O–H groups in total. The molecule has 110 valence electrons. The van der Waals surface area contributed by atoms with Crippen LogP contribution in [0.4, 0.5) is 10.1 Å². The maximum Gasteiger partial charge on any atom is 0.258 e. The summed E-state index contributed by atoms with van der Waals surface area (Å²) in [6.45, 7) is 1.80. The summed E-state index contributed by atoms with van der Waals surface area (Å²) in [5.41, 5.74) is 1.72. The second-order valence-electron chi connectivity index (χ2n) is 5.01. The SMILES string of the molecule is Cc1cc(=O)c2cc(NC(=O)c3ccccc3F)ccc2[nH]1. The van der Waals surface area contributed by atoms with Gasteiger partial charge in [0.1, 0.15) is 5.82 Å². The molecule has 0 aliphatic rings. The first kappa shape index (κ1) is 14.0. The average molecular weight is 296 g/mol. The molecule has 0 unspecified atom stereocenters. The molecule has 0 spiro atoms. The van der Waals surface area contributed by atoms with Gasteiger partial charge in [0, 0.05) is 28.4 Å². The first-order valence-electron chi connectivity index (χ1n) is 6.74. The smallest absolute Gasteiger partial charge is 0.258 e. The van der Waals surface area contributed by atoms with E-state index in [-0.39, 0.29) is 11.0 Å². The molecule has 0 radical (unpaired) electrons. The van der Waals surface area contributed by atoms with Crippen molar-refractivity contribution in [3.8, 4) is 0 Å². The largest absolute Gasteiger partial charge is 0.358 e. The van der Waals surface area contributed by atoms with E-state index in [2.05, 4.69) is 10.3 Å². The first-order chi connectivity index (χ1) is 10.5. The molecular formula is C17H13FN2O2. The minimum absolute atomic E-state index is 0.0413. The van der Waals surface area contributed by atoms with Gasteiger partial charge in [0.25, 0.3) is 5.91 Å². The molecule has 3 aromatic rings. The van der Waals surface area contributed by atoms with Gasteiger partial charge < -0.3 is 10.3 Å². The van der Waals surface area contributed by atoms with Crippen molar-refractivity contribution in [3.63, 3.8) is 0 Å². The van der Waals surface area contributed by atoms with Crippen molar-refractivity contribution in [1.29, 1.82) is 0 Å². The summed E-state index contributed by atoms with van der Waals surface area (Å²) in [5, 5.41) is 3.07. The maximum absolute atomic E-state index is 13.6. The Balaban J connectivity index is 1.96. The number of halogens is 1. The fraction of sp³-hybridized carbons (Fsp3) is 0.0588. The van der Waals surface area contributed by atoms with Crippen LogP contribution in [0, 0.1) is 12.7 Å². The molecule has 0 saturated heterocycles. The lowest BCUT2D eigenvalue weighted by molar-refractivity contribution is 0.102. The number of carbonyl (C=O) groups is 1. The number of rotatable bonds is 2. The Labute approximate surface area is 125 Å². The Morgan fingerprint density at radius 3 is 2.68 bits per heavy atom. The van der Waals surface area contributed by atoms with Crippen LogP contribution in [0.5, 0.6) is 0 Å². The lowest BCUT2D eigenvalue weighted by Gasteiger charge is -2.07. The number of fused-ring (bicyclic) bond motifs is 1. The normalized spacial score (nSPS) is 10.6. The van der Waals surface area contributed by atoms with E-state index in [0.29, 0.717) is 16.6 Å². The van der Waals surface area contributed by atoms with Gasteiger partial charge in [0.15, 0.2) is 5.43 Å². The molecule has 0 bridgehead atoms. The van der Waals surface area contributed by atoms with E-state index in [0.717, 1.165) is 5.69 Å². The number of hydrogen-bond donors (Lipinski definition) is 2. The number of aromatic nitrogens is 1. The number of nitrogens with one attached hydrogen (secondary N) is 2. The van der Waals surface area contributed by atoms with Gasteiger partial charge in [-0.05, 0) is 37.3 Å². The summed E-state index contributed by atoms with van der Waals surface area (Å²) < 4.78 is 13.6. The van der Waals surface area contributed by atoms with Crippen LogP contribution in [-0.2, 0) is 0 Å². The third-order valence-electron chi connectivity index (χ3n) is 3.34. The fourth-order valence-corrected chi connectivity index (χ4v) is 2.30. The van der Waals surface area contributed by atoms with Gasteiger partial charge in [-0.3, -0.25) is 9.59 Å². The molecule has 1 aromatic heterocycles. The van der Waals surface area contributed by atoms with E-state index < -0.39 is 11.7 Å². The van der Waals surface area contributed by atoms with Crippen molar-refractivity contribution in [2.45, 2.75) is 6.92 Å². The second kappa shape index (κ2) is 5.44. The number of carbonyl (C=O) groups excluding carboxylic acids is 1. The van der Waals surface area contributed by atoms with Crippen molar-refractivity contribution in [1.82, 2.24) is 4.98 Å². The molecule has 4 nitrogen and oxygen atoms in total. The van der Waals surface area contributed by atoms with Crippen molar-refractivity contribution in [2.24, 2.45) is 0 Å². The van der Waals surface area contributed by atoms with Crippen LogP contribution in [0.25, 0.3) is 10.9 Å². The minimum Gasteiger partial charge on any atom is -0.358 e. The summed E-state index contributed by atoms with van der Waals surface area (Å²) in [4.78, 5) is 27.1. The van der Waals surface area contributed by atoms with Gasteiger partial charge >= 0.3 is 0 Å². The zero-order valence-electron chi connectivity index (χ0n) is 11.8. The molecule has 1 heterocycles. The Bertz CT molecular complexity index is 931. The molecule has 1 amide bonds. The third kappa shape index (κ3) is 2.61. The lowest BCUT2D eigenvalue weighted by atomic mass is 10.1. The zero-order valence-corrected chi connectivity index (χ0v) is 11.8. The van der Waals surface area contributed by atoms with Gasteiger partial charge in [-0.15, -0.1) is 0 Å². The highest BCUT2D eigenvalue weighted by Crippen LogP contribution is 2.17. The van der Waals surface area contributed by atoms with Crippen molar-refractivity contribution in [3.05, 3.63) is 75.8 Å². The third-order valence-corrected chi connectivity index (χ3v) is 3.34. The Hall–Kier alpha value is -2.95. The van der Waals surface area contributed by atoms with Gasteiger partial charge in [-0.25, -0.2) is 4.39 Å². The molecule has 2 aromatic carbocycles. The van der Waals surface area contributed by atoms with E-state index >= 15 is 0 Å². The van der Waals surface area contributed by atoms with Crippen LogP contribution in [0.2, 0.25) is 0 Å². The molecule has 0 aliphatic carbocycles. The predicted octanol–water partition coefficient (Wildman–Crippen LogP) is 3.23. The highest BCUT2D eigenvalue weighted by molar-refractivity contribution is 6.05. The maximum atomic E-state index is 13.6. The van der Waals surface area contributed by atoms with Gasteiger partial charge in [0.2, 0.25) is 0 Å². The Morgan fingerprint density at radius 1 is 1.14 bits per heavy atom. The molecule has 0 saturated carbocycles. The molecule has 5 heteroatoms. The number of aryl methyl sites for hydroxylation is 1. The fourth-order valence-electron chi connectivity index (χ4n) is 2.30. The summed E-state index contributed by atoms with van der Waals surface area (Å²) in [6.07, 6.45) is 0. The second-order valence-corrected chi connectivity index (χ2v) is 5.01. The standard InChI is InChI=1S/C17H13FN2O2/c1-10-8-16(21)13-9-11(6-7-15(13)19-10)20-17(22)12-4-2-3-5-14(12)18/h2-9H,1H3,(H,19,21)(H,20,22). The lowest BCUT2D eigenvalue weighted by Crippen LogP contribution is -2.14. The van der Waals surface area contributed by atoms with Crippen molar-refractivity contribution >= 4 is 22.5 Å². The monoisotopic (exact) mass is 296 g/mol. The quantitative estimate of drug-likeness (QED) is 0.762. The topological polar surface area (TPSA) is 62.0 Å². The van der Waals surface area contributed by atoms with Crippen molar-refractivity contribution in [2.75, 3.05) is 5.32 Å². The zero-order chi connectivity index (χ0) is 15.7. The molecule has 0 fully saturated rings. The van der Waals surface area contributed by atoms with Crippen LogP contribution in [0.15, 0.2) is 53.3 Å². The molecular weight excluding hydrogens is 283 g/mol. The van der Waals surface area contributed by atoms with Crippen LogP contribution in [0.3, 0.4) is 0 Å². The first-order valence-corrected chi connectivity index (χ1v) is 6.74. The van der Waals surface area contributed by atoms with Crippen molar-refractivity contribution < 1.29 is 9.18 Å². The van der Waals surface area contributed by atoms with Crippen LogP contribution in [-0.4, -0.2) is 10.9 Å². The van der Waals surface area contributed by atoms with Gasteiger partial charge in [-0.1, -0.05) is 12.1 Å².